The molecule has 0 aliphatic heterocycles. The summed E-state index contributed by atoms with van der Waals surface area (Å²) in [6.45, 7) is 5.49. The number of carbonyl (C=O) groups is 2. The highest BCUT2D eigenvalue weighted by atomic mass is 79.9. The Morgan fingerprint density at radius 3 is 2.60 bits per heavy atom. The molecule has 0 spiro atoms. The normalized spacial score (nSPS) is 12.2. The van der Waals surface area contributed by atoms with E-state index in [-0.39, 0.29) is 18.9 Å². The summed E-state index contributed by atoms with van der Waals surface area (Å²) in [5, 5.41) is 5.63. The molecule has 0 fully saturated rings. The number of rotatable bonds is 7. The third-order valence-electron chi connectivity index (χ3n) is 3.14. The van der Waals surface area contributed by atoms with E-state index in [1.54, 1.807) is 39.0 Å². The molecule has 0 saturated heterocycles. The van der Waals surface area contributed by atoms with Crippen LogP contribution in [0, 0.1) is 5.82 Å². The number of hydrogen-bond acceptors (Lipinski definition) is 5. The fourth-order valence-corrected chi connectivity index (χ4v) is 2.33. The molecule has 1 rings (SSSR count). The molecule has 1 aromatic rings. The Morgan fingerprint density at radius 1 is 1.32 bits per heavy atom. The Balaban J connectivity index is 2.71. The Labute approximate surface area is 155 Å². The molecule has 0 aromatic heterocycles. The maximum atomic E-state index is 14.0. The first-order chi connectivity index (χ1) is 11.6. The highest BCUT2D eigenvalue weighted by Crippen LogP contribution is 2.22. The van der Waals surface area contributed by atoms with Gasteiger partial charge in [-0.15, -0.1) is 0 Å². The molecule has 25 heavy (non-hydrogen) atoms. The third-order valence-corrected chi connectivity index (χ3v) is 3.75. The van der Waals surface area contributed by atoms with E-state index in [1.165, 1.54) is 7.11 Å². The SMILES string of the molecule is COC(=O)CCC(CNc1cccc(Br)c1F)NC(=O)OC(C)(C)C. The van der Waals surface area contributed by atoms with Gasteiger partial charge in [-0.2, -0.15) is 0 Å². The average Bonchev–Trinajstić information content (AvgIpc) is 2.51. The summed E-state index contributed by atoms with van der Waals surface area (Å²) in [7, 11) is 1.30. The van der Waals surface area contributed by atoms with Gasteiger partial charge in [-0.05, 0) is 55.3 Å². The van der Waals surface area contributed by atoms with Crippen LogP contribution in [0.4, 0.5) is 14.9 Å². The van der Waals surface area contributed by atoms with Crippen LogP contribution in [0.1, 0.15) is 33.6 Å². The van der Waals surface area contributed by atoms with Crippen molar-refractivity contribution in [1.82, 2.24) is 5.32 Å². The highest BCUT2D eigenvalue weighted by Gasteiger charge is 2.20. The smallest absolute Gasteiger partial charge is 0.407 e. The van der Waals surface area contributed by atoms with Crippen molar-refractivity contribution in [3.63, 3.8) is 0 Å². The first-order valence-electron chi connectivity index (χ1n) is 7.86. The van der Waals surface area contributed by atoms with Gasteiger partial charge in [-0.25, -0.2) is 9.18 Å². The number of carbonyl (C=O) groups excluding carboxylic acids is 2. The van der Waals surface area contributed by atoms with Gasteiger partial charge >= 0.3 is 12.1 Å². The van der Waals surface area contributed by atoms with Crippen LogP contribution >= 0.6 is 15.9 Å². The number of esters is 1. The molecule has 0 heterocycles. The van der Waals surface area contributed by atoms with Gasteiger partial charge in [-0.3, -0.25) is 4.79 Å². The molecule has 140 valence electrons. The van der Waals surface area contributed by atoms with E-state index in [0.29, 0.717) is 16.6 Å². The number of halogens is 2. The molecule has 1 unspecified atom stereocenters. The number of benzene rings is 1. The average molecular weight is 419 g/mol. The van der Waals surface area contributed by atoms with Gasteiger partial charge in [0.2, 0.25) is 0 Å². The van der Waals surface area contributed by atoms with E-state index in [1.807, 2.05) is 0 Å². The summed E-state index contributed by atoms with van der Waals surface area (Å²) in [5.41, 5.74) is -0.343. The van der Waals surface area contributed by atoms with E-state index in [9.17, 15) is 14.0 Å². The summed E-state index contributed by atoms with van der Waals surface area (Å²) in [5.74, 6) is -0.809. The van der Waals surface area contributed by atoms with Gasteiger partial charge in [0.1, 0.15) is 5.60 Å². The minimum absolute atomic E-state index is 0.125. The molecule has 1 atom stereocenters. The summed E-state index contributed by atoms with van der Waals surface area (Å²) >= 11 is 3.12. The Hall–Kier alpha value is -1.83. The van der Waals surface area contributed by atoms with Crippen molar-refractivity contribution in [2.45, 2.75) is 45.3 Å². The van der Waals surface area contributed by atoms with E-state index in [4.69, 9.17) is 4.74 Å². The maximum Gasteiger partial charge on any atom is 0.407 e. The molecule has 6 nitrogen and oxygen atoms in total. The first kappa shape index (κ1) is 21.2. The van der Waals surface area contributed by atoms with Gasteiger partial charge in [0.25, 0.3) is 0 Å². The van der Waals surface area contributed by atoms with Gasteiger partial charge in [0.15, 0.2) is 5.82 Å². The second-order valence-corrected chi connectivity index (χ2v) is 7.29. The van der Waals surface area contributed by atoms with Crippen molar-refractivity contribution in [3.05, 3.63) is 28.5 Å². The standard InChI is InChI=1S/C17H24BrFN2O4/c1-17(2,3)25-16(23)21-11(8-9-14(22)24-4)10-20-13-7-5-6-12(18)15(13)19/h5-7,11,20H,8-10H2,1-4H3,(H,21,23). The van der Waals surface area contributed by atoms with Crippen LogP contribution in [0.5, 0.6) is 0 Å². The second-order valence-electron chi connectivity index (χ2n) is 6.44. The fourth-order valence-electron chi connectivity index (χ4n) is 1.97. The number of amides is 1. The van der Waals surface area contributed by atoms with Gasteiger partial charge in [-0.1, -0.05) is 6.07 Å². The van der Waals surface area contributed by atoms with Crippen LogP contribution in [0.25, 0.3) is 0 Å². The molecule has 1 amide bonds. The minimum Gasteiger partial charge on any atom is -0.469 e. The summed E-state index contributed by atoms with van der Waals surface area (Å²) in [6.07, 6.45) is -0.146. The Bertz CT molecular complexity index is 605. The van der Waals surface area contributed by atoms with Gasteiger partial charge in [0, 0.05) is 19.0 Å². The van der Waals surface area contributed by atoms with E-state index >= 15 is 0 Å². The zero-order valence-electron chi connectivity index (χ0n) is 14.8. The number of methoxy groups -OCH3 is 1. The van der Waals surface area contributed by atoms with Crippen LogP contribution in [-0.4, -0.2) is 37.4 Å². The lowest BCUT2D eigenvalue weighted by atomic mass is 10.1. The third kappa shape index (κ3) is 8.20. The lowest BCUT2D eigenvalue weighted by Crippen LogP contribution is -2.43. The second kappa shape index (κ2) is 9.60. The molecule has 0 saturated carbocycles. The monoisotopic (exact) mass is 418 g/mol. The van der Waals surface area contributed by atoms with Crippen LogP contribution in [0.3, 0.4) is 0 Å². The summed E-state index contributed by atoms with van der Waals surface area (Å²) in [4.78, 5) is 23.3. The molecule has 8 heteroatoms. The highest BCUT2D eigenvalue weighted by molar-refractivity contribution is 9.10. The zero-order chi connectivity index (χ0) is 19.0. The number of nitrogens with one attached hydrogen (secondary N) is 2. The van der Waals surface area contributed by atoms with E-state index < -0.39 is 23.6 Å². The molecule has 1 aromatic carbocycles. The van der Waals surface area contributed by atoms with Crippen molar-refractivity contribution in [3.8, 4) is 0 Å². The topological polar surface area (TPSA) is 76.7 Å². The predicted octanol–water partition coefficient (Wildman–Crippen LogP) is 3.85. The Kier molecular flexibility index (Phi) is 8.15. The molecule has 0 aliphatic rings. The van der Waals surface area contributed by atoms with Crippen molar-refractivity contribution in [1.29, 1.82) is 0 Å². The Morgan fingerprint density at radius 2 is 2.00 bits per heavy atom. The number of alkyl carbamates (subject to hydrolysis) is 1. The lowest BCUT2D eigenvalue weighted by Gasteiger charge is -2.24. The molecule has 0 aliphatic carbocycles. The molecular weight excluding hydrogens is 395 g/mol. The summed E-state index contributed by atoms with van der Waals surface area (Å²) < 4.78 is 24.2. The largest absolute Gasteiger partial charge is 0.469 e. The number of anilines is 1. The van der Waals surface area contributed by atoms with Crippen molar-refractivity contribution in [2.24, 2.45) is 0 Å². The van der Waals surface area contributed by atoms with Crippen LogP contribution in [0.2, 0.25) is 0 Å². The van der Waals surface area contributed by atoms with E-state index in [2.05, 4.69) is 31.3 Å². The molecule has 0 bridgehead atoms. The number of hydrogen-bond donors (Lipinski definition) is 2. The zero-order valence-corrected chi connectivity index (χ0v) is 16.4. The number of ether oxygens (including phenoxy) is 2. The van der Waals surface area contributed by atoms with Crippen LogP contribution in [-0.2, 0) is 14.3 Å². The first-order valence-corrected chi connectivity index (χ1v) is 8.66. The quantitative estimate of drug-likeness (QED) is 0.657. The fraction of sp³-hybridized carbons (Fsp3) is 0.529. The molecular formula is C17H24BrFN2O4. The predicted molar refractivity (Wildman–Crippen MR) is 97.0 cm³/mol. The van der Waals surface area contributed by atoms with E-state index in [0.717, 1.165) is 0 Å². The maximum absolute atomic E-state index is 14.0. The molecule has 2 N–H and O–H groups in total. The minimum atomic E-state index is -0.638. The van der Waals surface area contributed by atoms with Crippen LogP contribution < -0.4 is 10.6 Å². The summed E-state index contributed by atoms with van der Waals surface area (Å²) in [6, 6.07) is 4.44. The van der Waals surface area contributed by atoms with Crippen molar-refractivity contribution in [2.75, 3.05) is 19.0 Å². The van der Waals surface area contributed by atoms with Crippen molar-refractivity contribution >= 4 is 33.7 Å². The molecule has 0 radical (unpaired) electrons. The van der Waals surface area contributed by atoms with Crippen LogP contribution in [0.15, 0.2) is 22.7 Å². The van der Waals surface area contributed by atoms with Crippen molar-refractivity contribution < 1.29 is 23.5 Å². The lowest BCUT2D eigenvalue weighted by molar-refractivity contribution is -0.140. The van der Waals surface area contributed by atoms with Gasteiger partial charge < -0.3 is 20.1 Å². The van der Waals surface area contributed by atoms with Gasteiger partial charge in [0.05, 0.1) is 17.3 Å².